The minimum atomic E-state index is -0.535. The summed E-state index contributed by atoms with van der Waals surface area (Å²) in [5.74, 6) is 2.95. The molecule has 0 saturated heterocycles. The molecule has 2 heterocycles. The molecule has 4 rings (SSSR count). The van der Waals surface area contributed by atoms with Gasteiger partial charge in [0.05, 0.1) is 18.3 Å². The second-order valence-electron chi connectivity index (χ2n) is 6.72. The Kier molecular flexibility index (Phi) is 4.31. The van der Waals surface area contributed by atoms with E-state index in [1.54, 1.807) is 11.8 Å². The maximum absolute atomic E-state index is 5.66. The number of aromatic nitrogens is 4. The number of fused-ring (bicyclic) bond motifs is 1. The molecule has 0 radical (unpaired) electrons. The smallest absolute Gasteiger partial charge is 0.181 e. The van der Waals surface area contributed by atoms with Crippen molar-refractivity contribution >= 4 is 5.69 Å². The number of anilines is 1. The lowest BCUT2D eigenvalue weighted by Crippen LogP contribution is -2.32. The monoisotopic (exact) mass is 367 g/mol. The summed E-state index contributed by atoms with van der Waals surface area (Å²) in [6, 6.07) is 13.4. The van der Waals surface area contributed by atoms with Crippen LogP contribution in [0.4, 0.5) is 5.69 Å². The first-order valence-electron chi connectivity index (χ1n) is 8.68. The summed E-state index contributed by atoms with van der Waals surface area (Å²) < 4.78 is 18.2. The first kappa shape index (κ1) is 17.1. The molecule has 3 aromatic rings. The fourth-order valence-electron chi connectivity index (χ4n) is 3.01. The Balaban J connectivity index is 1.61. The third-order valence-corrected chi connectivity index (χ3v) is 4.34. The number of ether oxygens (including phenoxy) is 3. The lowest BCUT2D eigenvalue weighted by atomic mass is 10.0. The molecule has 1 aromatic heterocycles. The van der Waals surface area contributed by atoms with E-state index < -0.39 is 5.54 Å². The lowest BCUT2D eigenvalue weighted by Gasteiger charge is -2.27. The molecular formula is C19H21N5O3. The number of hydrogen-bond donors (Lipinski definition) is 1. The Hall–Kier alpha value is -3.29. The van der Waals surface area contributed by atoms with Crippen LogP contribution >= 0.6 is 0 Å². The second-order valence-corrected chi connectivity index (χ2v) is 6.72. The van der Waals surface area contributed by atoms with E-state index in [0.29, 0.717) is 19.0 Å². The molecule has 0 amide bonds. The van der Waals surface area contributed by atoms with E-state index in [-0.39, 0.29) is 0 Å². The van der Waals surface area contributed by atoms with Crippen LogP contribution in [-0.2, 0) is 5.54 Å². The Morgan fingerprint density at radius 3 is 2.52 bits per heavy atom. The molecule has 0 saturated carbocycles. The zero-order valence-electron chi connectivity index (χ0n) is 15.5. The van der Waals surface area contributed by atoms with Crippen molar-refractivity contribution in [1.29, 1.82) is 0 Å². The molecule has 140 valence electrons. The zero-order valence-corrected chi connectivity index (χ0v) is 15.5. The van der Waals surface area contributed by atoms with Gasteiger partial charge < -0.3 is 19.5 Å². The summed E-state index contributed by atoms with van der Waals surface area (Å²) in [4.78, 5) is 0. The largest absolute Gasteiger partial charge is 0.497 e. The second kappa shape index (κ2) is 6.79. The highest BCUT2D eigenvalue weighted by atomic mass is 16.6. The van der Waals surface area contributed by atoms with Crippen LogP contribution in [0.2, 0.25) is 0 Å². The van der Waals surface area contributed by atoms with Gasteiger partial charge in [-0.2, -0.15) is 4.68 Å². The van der Waals surface area contributed by atoms with Gasteiger partial charge in [-0.25, -0.2) is 0 Å². The van der Waals surface area contributed by atoms with Gasteiger partial charge in [-0.15, -0.1) is 5.10 Å². The molecule has 0 fully saturated rings. The number of rotatable bonds is 5. The Labute approximate surface area is 157 Å². The molecule has 0 aliphatic carbocycles. The topological polar surface area (TPSA) is 83.3 Å². The molecule has 1 aliphatic rings. The van der Waals surface area contributed by atoms with E-state index in [4.69, 9.17) is 14.2 Å². The summed E-state index contributed by atoms with van der Waals surface area (Å²) in [5, 5.41) is 15.7. The molecule has 8 heteroatoms. The van der Waals surface area contributed by atoms with E-state index in [1.807, 2.05) is 56.3 Å². The fourth-order valence-corrected chi connectivity index (χ4v) is 3.01. The summed E-state index contributed by atoms with van der Waals surface area (Å²) >= 11 is 0. The van der Waals surface area contributed by atoms with E-state index in [0.717, 1.165) is 28.6 Å². The molecule has 0 unspecified atom stereocenters. The Morgan fingerprint density at radius 1 is 1.04 bits per heavy atom. The van der Waals surface area contributed by atoms with Gasteiger partial charge in [-0.1, -0.05) is 0 Å². The number of nitrogens with zero attached hydrogens (tertiary/aromatic N) is 4. The van der Waals surface area contributed by atoms with Gasteiger partial charge in [0.15, 0.2) is 17.3 Å². The van der Waals surface area contributed by atoms with Crippen LogP contribution in [0.25, 0.3) is 5.69 Å². The van der Waals surface area contributed by atoms with Crippen LogP contribution in [0, 0.1) is 0 Å². The molecule has 1 aliphatic heterocycles. The van der Waals surface area contributed by atoms with Crippen molar-refractivity contribution < 1.29 is 14.2 Å². The van der Waals surface area contributed by atoms with Crippen molar-refractivity contribution in [3.63, 3.8) is 0 Å². The van der Waals surface area contributed by atoms with Gasteiger partial charge in [0.1, 0.15) is 19.0 Å². The molecule has 0 spiro atoms. The number of hydrogen-bond acceptors (Lipinski definition) is 7. The van der Waals surface area contributed by atoms with Gasteiger partial charge in [0.25, 0.3) is 0 Å². The summed E-state index contributed by atoms with van der Waals surface area (Å²) in [5.41, 5.74) is 1.22. The fraction of sp³-hybridized carbons (Fsp3) is 0.316. The summed E-state index contributed by atoms with van der Waals surface area (Å²) in [6.45, 7) is 5.17. The molecule has 27 heavy (non-hydrogen) atoms. The predicted octanol–water partition coefficient (Wildman–Crippen LogP) is 2.79. The van der Waals surface area contributed by atoms with Gasteiger partial charge in [-0.05, 0) is 60.7 Å². The summed E-state index contributed by atoms with van der Waals surface area (Å²) in [7, 11) is 1.64. The van der Waals surface area contributed by atoms with Crippen molar-refractivity contribution in [2.45, 2.75) is 19.4 Å². The Morgan fingerprint density at radius 2 is 1.78 bits per heavy atom. The van der Waals surface area contributed by atoms with Gasteiger partial charge in [0.2, 0.25) is 0 Å². The average Bonchev–Trinajstić information content (AvgIpc) is 3.19. The lowest BCUT2D eigenvalue weighted by molar-refractivity contribution is 0.171. The van der Waals surface area contributed by atoms with E-state index in [2.05, 4.69) is 20.8 Å². The average molecular weight is 367 g/mol. The minimum absolute atomic E-state index is 0.535. The Bertz CT molecular complexity index is 937. The van der Waals surface area contributed by atoms with E-state index in [9.17, 15) is 0 Å². The maximum Gasteiger partial charge on any atom is 0.181 e. The first-order valence-corrected chi connectivity index (χ1v) is 8.68. The van der Waals surface area contributed by atoms with E-state index in [1.165, 1.54) is 0 Å². The molecule has 8 nitrogen and oxygen atoms in total. The van der Waals surface area contributed by atoms with Gasteiger partial charge in [0, 0.05) is 11.8 Å². The van der Waals surface area contributed by atoms with Crippen LogP contribution in [0.1, 0.15) is 19.7 Å². The number of benzene rings is 2. The first-order chi connectivity index (χ1) is 13.1. The van der Waals surface area contributed by atoms with Crippen LogP contribution in [0.15, 0.2) is 42.5 Å². The van der Waals surface area contributed by atoms with Crippen LogP contribution < -0.4 is 19.5 Å². The minimum Gasteiger partial charge on any atom is -0.497 e. The van der Waals surface area contributed by atoms with Crippen molar-refractivity contribution in [2.75, 3.05) is 25.6 Å². The zero-order chi connectivity index (χ0) is 18.9. The van der Waals surface area contributed by atoms with Crippen molar-refractivity contribution in [1.82, 2.24) is 20.2 Å². The van der Waals surface area contributed by atoms with Crippen LogP contribution in [0.3, 0.4) is 0 Å². The highest BCUT2D eigenvalue weighted by Gasteiger charge is 2.28. The van der Waals surface area contributed by atoms with Gasteiger partial charge in [-0.3, -0.25) is 0 Å². The van der Waals surface area contributed by atoms with Crippen LogP contribution in [0.5, 0.6) is 17.2 Å². The molecule has 0 atom stereocenters. The highest BCUT2D eigenvalue weighted by Crippen LogP contribution is 2.34. The quantitative estimate of drug-likeness (QED) is 0.742. The normalized spacial score (nSPS) is 13.3. The summed E-state index contributed by atoms with van der Waals surface area (Å²) in [6.07, 6.45) is 0. The third-order valence-electron chi connectivity index (χ3n) is 4.34. The highest BCUT2D eigenvalue weighted by molar-refractivity contribution is 5.56. The standard InChI is InChI=1S/C19H21N5O3/c1-19(2,20-13-4-9-16-17(12-13)27-11-10-26-16)18-21-22-23-24(18)14-5-7-15(25-3)8-6-14/h4-9,12,20H,10-11H2,1-3H3. The molecule has 2 aromatic carbocycles. The van der Waals surface area contributed by atoms with Crippen molar-refractivity contribution in [3.8, 4) is 22.9 Å². The van der Waals surface area contributed by atoms with Crippen molar-refractivity contribution in [2.24, 2.45) is 0 Å². The van der Waals surface area contributed by atoms with Gasteiger partial charge >= 0.3 is 0 Å². The third kappa shape index (κ3) is 3.38. The SMILES string of the molecule is COc1ccc(-n2nnnc2C(C)(C)Nc2ccc3c(c2)OCCO3)cc1. The molecule has 1 N–H and O–H groups in total. The van der Waals surface area contributed by atoms with E-state index >= 15 is 0 Å². The molecule has 0 bridgehead atoms. The van der Waals surface area contributed by atoms with Crippen LogP contribution in [-0.4, -0.2) is 40.5 Å². The number of nitrogens with one attached hydrogen (secondary N) is 1. The maximum atomic E-state index is 5.66. The number of tetrazole rings is 1. The van der Waals surface area contributed by atoms with Crippen molar-refractivity contribution in [3.05, 3.63) is 48.3 Å². The predicted molar refractivity (Wildman–Crippen MR) is 99.8 cm³/mol. The molecular weight excluding hydrogens is 346 g/mol. The number of methoxy groups -OCH3 is 1.